The summed E-state index contributed by atoms with van der Waals surface area (Å²) in [7, 11) is -7.38. The standard InChI is InChI=1S/C17H21ClN2O4S3/c1-12-4-3-5-13(2)20(12)27(23,24)15-8-6-14(7-9-15)19-26(21,22)17-11-10-16(18)25-17/h6-13,19H,3-5H2,1-2H3/t12-,13-/m0/s1. The van der Waals surface area contributed by atoms with Crippen LogP contribution in [0.4, 0.5) is 5.69 Å². The van der Waals surface area contributed by atoms with Crippen molar-refractivity contribution in [3.8, 4) is 0 Å². The molecule has 0 aliphatic carbocycles. The lowest BCUT2D eigenvalue weighted by Gasteiger charge is -2.37. The van der Waals surface area contributed by atoms with E-state index in [1.807, 2.05) is 13.8 Å². The van der Waals surface area contributed by atoms with Gasteiger partial charge in [-0.15, -0.1) is 11.3 Å². The Labute approximate surface area is 169 Å². The Morgan fingerprint density at radius 3 is 2.11 bits per heavy atom. The van der Waals surface area contributed by atoms with Crippen LogP contribution in [0.2, 0.25) is 4.34 Å². The van der Waals surface area contributed by atoms with Crippen molar-refractivity contribution < 1.29 is 16.8 Å². The molecule has 6 nitrogen and oxygen atoms in total. The summed E-state index contributed by atoms with van der Waals surface area (Å²) >= 11 is 6.75. The van der Waals surface area contributed by atoms with E-state index in [-0.39, 0.29) is 21.2 Å². The molecule has 0 unspecified atom stereocenters. The molecule has 0 spiro atoms. The summed E-state index contributed by atoms with van der Waals surface area (Å²) in [6, 6.07) is 8.61. The van der Waals surface area contributed by atoms with E-state index in [2.05, 4.69) is 4.72 Å². The van der Waals surface area contributed by atoms with Gasteiger partial charge in [0.2, 0.25) is 10.0 Å². The van der Waals surface area contributed by atoms with Crippen LogP contribution in [0, 0.1) is 0 Å². The van der Waals surface area contributed by atoms with Crippen LogP contribution in [0.25, 0.3) is 0 Å². The first kappa shape index (κ1) is 20.6. The molecule has 2 aromatic rings. The third-order valence-electron chi connectivity index (χ3n) is 4.61. The lowest BCUT2D eigenvalue weighted by atomic mass is 10.0. The molecular formula is C17H21ClN2O4S3. The second-order valence-electron chi connectivity index (χ2n) is 6.65. The Hall–Kier alpha value is -1.13. The second-order valence-corrected chi connectivity index (χ2v) is 12.1. The summed E-state index contributed by atoms with van der Waals surface area (Å²) in [6.07, 6.45) is 2.69. The van der Waals surface area contributed by atoms with Crippen molar-refractivity contribution in [3.05, 3.63) is 40.7 Å². The SMILES string of the molecule is C[C@H]1CCC[C@H](C)N1S(=O)(=O)c1ccc(NS(=O)(=O)c2ccc(Cl)s2)cc1. The number of rotatable bonds is 5. The molecule has 1 aliphatic heterocycles. The van der Waals surface area contributed by atoms with E-state index in [0.717, 1.165) is 30.6 Å². The first-order chi connectivity index (χ1) is 12.6. The fourth-order valence-electron chi connectivity index (χ4n) is 3.34. The van der Waals surface area contributed by atoms with E-state index < -0.39 is 20.0 Å². The maximum absolute atomic E-state index is 13.0. The summed E-state index contributed by atoms with van der Waals surface area (Å²) in [5.41, 5.74) is 0.290. The molecule has 1 aromatic heterocycles. The molecule has 2 atom stereocenters. The summed E-state index contributed by atoms with van der Waals surface area (Å²) in [5, 5.41) is 0. The highest BCUT2D eigenvalue weighted by Crippen LogP contribution is 2.31. The lowest BCUT2D eigenvalue weighted by molar-refractivity contribution is 0.204. The van der Waals surface area contributed by atoms with Gasteiger partial charge in [0.25, 0.3) is 10.0 Å². The predicted molar refractivity (Wildman–Crippen MR) is 108 cm³/mol. The molecule has 1 aromatic carbocycles. The van der Waals surface area contributed by atoms with Crippen molar-refractivity contribution in [1.29, 1.82) is 0 Å². The molecule has 0 bridgehead atoms. The number of halogens is 1. The van der Waals surface area contributed by atoms with E-state index in [0.29, 0.717) is 10.0 Å². The van der Waals surface area contributed by atoms with Crippen molar-refractivity contribution in [2.75, 3.05) is 4.72 Å². The number of hydrogen-bond acceptors (Lipinski definition) is 5. The van der Waals surface area contributed by atoms with Gasteiger partial charge in [-0.05, 0) is 63.1 Å². The number of nitrogens with zero attached hydrogens (tertiary/aromatic N) is 1. The molecule has 3 rings (SSSR count). The monoisotopic (exact) mass is 448 g/mol. The van der Waals surface area contributed by atoms with Crippen molar-refractivity contribution >= 4 is 48.7 Å². The molecule has 0 radical (unpaired) electrons. The van der Waals surface area contributed by atoms with Gasteiger partial charge in [-0.25, -0.2) is 16.8 Å². The number of anilines is 1. The summed E-state index contributed by atoms with van der Waals surface area (Å²) in [6.45, 7) is 3.84. The molecule has 1 N–H and O–H groups in total. The van der Waals surface area contributed by atoms with Gasteiger partial charge < -0.3 is 0 Å². The van der Waals surface area contributed by atoms with Crippen molar-refractivity contribution in [2.45, 2.75) is 54.3 Å². The summed E-state index contributed by atoms with van der Waals surface area (Å²) in [5.74, 6) is 0. The Morgan fingerprint density at radius 2 is 1.59 bits per heavy atom. The van der Waals surface area contributed by atoms with E-state index >= 15 is 0 Å². The van der Waals surface area contributed by atoms with Crippen LogP contribution >= 0.6 is 22.9 Å². The van der Waals surface area contributed by atoms with E-state index in [4.69, 9.17) is 11.6 Å². The molecule has 27 heavy (non-hydrogen) atoms. The van der Waals surface area contributed by atoms with Gasteiger partial charge in [0.15, 0.2) is 0 Å². The summed E-state index contributed by atoms with van der Waals surface area (Å²) in [4.78, 5) is 0.158. The lowest BCUT2D eigenvalue weighted by Crippen LogP contribution is -2.47. The number of benzene rings is 1. The maximum Gasteiger partial charge on any atom is 0.271 e. The van der Waals surface area contributed by atoms with Crippen molar-refractivity contribution in [2.24, 2.45) is 0 Å². The molecular weight excluding hydrogens is 428 g/mol. The largest absolute Gasteiger partial charge is 0.279 e. The zero-order valence-electron chi connectivity index (χ0n) is 14.9. The van der Waals surface area contributed by atoms with Gasteiger partial charge in [-0.1, -0.05) is 18.0 Å². The molecule has 148 valence electrons. The van der Waals surface area contributed by atoms with Gasteiger partial charge in [0.05, 0.1) is 9.23 Å². The Bertz CT molecular complexity index is 1010. The third-order valence-corrected chi connectivity index (χ3v) is 9.86. The van der Waals surface area contributed by atoms with Crippen LogP contribution < -0.4 is 4.72 Å². The molecule has 1 saturated heterocycles. The Kier molecular flexibility index (Phi) is 5.88. The van der Waals surface area contributed by atoms with E-state index in [9.17, 15) is 16.8 Å². The quantitative estimate of drug-likeness (QED) is 0.744. The minimum atomic E-state index is -3.75. The highest BCUT2D eigenvalue weighted by Gasteiger charge is 2.35. The molecule has 2 heterocycles. The van der Waals surface area contributed by atoms with Gasteiger partial charge in [0, 0.05) is 17.8 Å². The average Bonchev–Trinajstić information content (AvgIpc) is 3.02. The number of sulfonamides is 2. The van der Waals surface area contributed by atoms with Crippen LogP contribution in [-0.4, -0.2) is 33.2 Å². The number of nitrogens with one attached hydrogen (secondary N) is 1. The van der Waals surface area contributed by atoms with Crippen LogP contribution in [0.1, 0.15) is 33.1 Å². The number of piperidine rings is 1. The molecule has 10 heteroatoms. The van der Waals surface area contributed by atoms with Crippen LogP contribution in [-0.2, 0) is 20.0 Å². The van der Waals surface area contributed by atoms with Crippen LogP contribution in [0.3, 0.4) is 0 Å². The molecule has 0 amide bonds. The van der Waals surface area contributed by atoms with Gasteiger partial charge in [-0.3, -0.25) is 4.72 Å². The second kappa shape index (κ2) is 7.71. The minimum Gasteiger partial charge on any atom is -0.279 e. The highest BCUT2D eigenvalue weighted by molar-refractivity contribution is 7.94. The van der Waals surface area contributed by atoms with Gasteiger partial charge >= 0.3 is 0 Å². The van der Waals surface area contributed by atoms with Gasteiger partial charge in [0.1, 0.15) is 4.21 Å². The first-order valence-corrected chi connectivity index (χ1v) is 12.6. The molecule has 0 saturated carbocycles. The van der Waals surface area contributed by atoms with Crippen molar-refractivity contribution in [1.82, 2.24) is 4.31 Å². The summed E-state index contributed by atoms with van der Waals surface area (Å²) < 4.78 is 55.2. The van der Waals surface area contributed by atoms with Crippen LogP contribution in [0.5, 0.6) is 0 Å². The maximum atomic E-state index is 13.0. The smallest absolute Gasteiger partial charge is 0.271 e. The Morgan fingerprint density at radius 1 is 1.00 bits per heavy atom. The van der Waals surface area contributed by atoms with Crippen molar-refractivity contribution in [3.63, 3.8) is 0 Å². The first-order valence-electron chi connectivity index (χ1n) is 8.53. The van der Waals surface area contributed by atoms with Gasteiger partial charge in [-0.2, -0.15) is 4.31 Å². The normalized spacial score (nSPS) is 21.9. The highest BCUT2D eigenvalue weighted by atomic mass is 35.5. The third kappa shape index (κ3) is 4.32. The average molecular weight is 449 g/mol. The van der Waals surface area contributed by atoms with Crippen LogP contribution in [0.15, 0.2) is 45.5 Å². The van der Waals surface area contributed by atoms with E-state index in [1.165, 1.54) is 36.4 Å². The zero-order valence-corrected chi connectivity index (χ0v) is 18.1. The van der Waals surface area contributed by atoms with E-state index in [1.54, 1.807) is 4.31 Å². The fraction of sp³-hybridized carbons (Fsp3) is 0.412. The minimum absolute atomic E-state index is 0.0551. The Balaban J connectivity index is 1.83. The molecule has 1 fully saturated rings. The zero-order chi connectivity index (χ0) is 19.8. The fourth-order valence-corrected chi connectivity index (χ4v) is 7.76. The number of hydrogen-bond donors (Lipinski definition) is 1. The number of thiophene rings is 1. The predicted octanol–water partition coefficient (Wildman–Crippen LogP) is 4.15. The topological polar surface area (TPSA) is 83.6 Å². The molecule has 1 aliphatic rings.